The molecule has 1 heterocycles. The lowest BCUT2D eigenvalue weighted by Gasteiger charge is -2.05. The van der Waals surface area contributed by atoms with Crippen molar-refractivity contribution in [1.29, 1.82) is 0 Å². The van der Waals surface area contributed by atoms with E-state index in [1.54, 1.807) is 6.07 Å². The van der Waals surface area contributed by atoms with Crippen LogP contribution < -0.4 is 16.2 Å². The Balaban J connectivity index is 1.52. The normalized spacial score (nSPS) is 10.9. The van der Waals surface area contributed by atoms with Gasteiger partial charge in [0.1, 0.15) is 11.8 Å². The van der Waals surface area contributed by atoms with Gasteiger partial charge >= 0.3 is 5.97 Å². The lowest BCUT2D eigenvalue weighted by Crippen LogP contribution is -2.21. The van der Waals surface area contributed by atoms with Crippen LogP contribution in [0.1, 0.15) is 28.8 Å². The average molecular weight is 442 g/mol. The zero-order chi connectivity index (χ0) is 22.4. The molecule has 3 N–H and O–H groups in total. The van der Waals surface area contributed by atoms with E-state index in [2.05, 4.69) is 15.8 Å². The Bertz CT molecular complexity index is 1250. The molecule has 158 valence electrons. The first-order valence-electron chi connectivity index (χ1n) is 8.99. The maximum absolute atomic E-state index is 12.4. The molecule has 0 unspecified atom stereocenters. The first-order valence-corrected chi connectivity index (χ1v) is 9.37. The molecule has 9 nitrogen and oxygen atoms in total. The number of benzene rings is 2. The van der Waals surface area contributed by atoms with Crippen molar-refractivity contribution in [2.75, 3.05) is 5.32 Å². The van der Waals surface area contributed by atoms with Crippen LogP contribution in [0.2, 0.25) is 5.02 Å². The molecule has 0 aliphatic heterocycles. The Morgan fingerprint density at radius 3 is 2.65 bits per heavy atom. The van der Waals surface area contributed by atoms with Gasteiger partial charge in [0, 0.05) is 29.6 Å². The molecule has 2 amide bonds. The number of carboxylic acid groups (broad SMARTS) is 1. The van der Waals surface area contributed by atoms with E-state index in [0.717, 1.165) is 6.21 Å². The number of amides is 2. The maximum atomic E-state index is 12.4. The molecule has 1 aromatic heterocycles. The Kier molecular flexibility index (Phi) is 6.78. The highest BCUT2D eigenvalue weighted by molar-refractivity contribution is 6.31. The molecular weight excluding hydrogens is 426 g/mol. The standard InChI is InChI=1S/C21H16ClN3O6/c22-14-4-5-16-17(9-14)31-11-13(20(16)28)10-23-25-19(27)7-6-18(26)24-15-3-1-2-12(8-15)21(29)30/h1-5,8-11H,6-7H2,(H,24,26)(H,25,27)(H,29,30)/b23-10+. The first kappa shape index (κ1) is 21.7. The number of anilines is 1. The van der Waals surface area contributed by atoms with E-state index in [1.807, 2.05) is 0 Å². The number of carboxylic acids is 1. The summed E-state index contributed by atoms with van der Waals surface area (Å²) >= 11 is 5.86. The smallest absolute Gasteiger partial charge is 0.335 e. The lowest BCUT2D eigenvalue weighted by atomic mass is 10.2. The van der Waals surface area contributed by atoms with Crippen LogP contribution in [-0.4, -0.2) is 29.1 Å². The van der Waals surface area contributed by atoms with Crippen molar-refractivity contribution in [3.8, 4) is 0 Å². The molecule has 10 heteroatoms. The zero-order valence-corrected chi connectivity index (χ0v) is 16.7. The number of hydrogen-bond donors (Lipinski definition) is 3. The van der Waals surface area contributed by atoms with Crippen molar-refractivity contribution in [3.05, 3.63) is 75.1 Å². The van der Waals surface area contributed by atoms with Crippen LogP contribution in [0.5, 0.6) is 0 Å². The zero-order valence-electron chi connectivity index (χ0n) is 15.9. The molecule has 0 bridgehead atoms. The second-order valence-corrected chi connectivity index (χ2v) is 6.82. The largest absolute Gasteiger partial charge is 0.478 e. The van der Waals surface area contributed by atoms with E-state index in [4.69, 9.17) is 21.1 Å². The monoisotopic (exact) mass is 441 g/mol. The van der Waals surface area contributed by atoms with Gasteiger partial charge in [0.2, 0.25) is 17.2 Å². The molecule has 3 rings (SSSR count). The summed E-state index contributed by atoms with van der Waals surface area (Å²) in [4.78, 5) is 47.1. The summed E-state index contributed by atoms with van der Waals surface area (Å²) in [6.45, 7) is 0. The molecule has 0 radical (unpaired) electrons. The molecule has 0 saturated heterocycles. The average Bonchev–Trinajstić information content (AvgIpc) is 2.74. The fourth-order valence-electron chi connectivity index (χ4n) is 2.62. The van der Waals surface area contributed by atoms with Gasteiger partial charge in [-0.05, 0) is 30.3 Å². The summed E-state index contributed by atoms with van der Waals surface area (Å²) in [5.74, 6) is -2.12. The van der Waals surface area contributed by atoms with E-state index in [1.165, 1.54) is 42.7 Å². The molecule has 31 heavy (non-hydrogen) atoms. The second kappa shape index (κ2) is 9.68. The SMILES string of the molecule is O=C(CCC(=O)Nc1cccc(C(=O)O)c1)N/N=C/c1coc2cc(Cl)ccc2c1=O. The van der Waals surface area contributed by atoms with E-state index < -0.39 is 17.8 Å². The van der Waals surface area contributed by atoms with Crippen LogP contribution in [0.15, 0.2) is 63.0 Å². The predicted octanol–water partition coefficient (Wildman–Crippen LogP) is 3.01. The lowest BCUT2D eigenvalue weighted by molar-refractivity contribution is -0.124. The number of carbonyl (C=O) groups excluding carboxylic acids is 2. The molecule has 0 fully saturated rings. The van der Waals surface area contributed by atoms with Gasteiger partial charge in [0.15, 0.2) is 0 Å². The third-order valence-corrected chi connectivity index (χ3v) is 4.36. The number of hydrazone groups is 1. The van der Waals surface area contributed by atoms with Gasteiger partial charge in [-0.25, -0.2) is 10.2 Å². The summed E-state index contributed by atoms with van der Waals surface area (Å²) in [7, 11) is 0. The van der Waals surface area contributed by atoms with E-state index in [0.29, 0.717) is 21.7 Å². The Morgan fingerprint density at radius 2 is 1.87 bits per heavy atom. The summed E-state index contributed by atoms with van der Waals surface area (Å²) in [5.41, 5.74) is 2.70. The van der Waals surface area contributed by atoms with Crippen LogP contribution >= 0.6 is 11.6 Å². The Morgan fingerprint density at radius 1 is 1.10 bits per heavy atom. The van der Waals surface area contributed by atoms with Crippen LogP contribution in [-0.2, 0) is 9.59 Å². The van der Waals surface area contributed by atoms with Crippen LogP contribution in [0.25, 0.3) is 11.0 Å². The van der Waals surface area contributed by atoms with Gasteiger partial charge in [-0.2, -0.15) is 5.10 Å². The van der Waals surface area contributed by atoms with Crippen LogP contribution in [0.4, 0.5) is 5.69 Å². The van der Waals surface area contributed by atoms with Crippen molar-refractivity contribution in [2.45, 2.75) is 12.8 Å². The summed E-state index contributed by atoms with van der Waals surface area (Å²) in [6, 6.07) is 10.4. The maximum Gasteiger partial charge on any atom is 0.335 e. The van der Waals surface area contributed by atoms with Gasteiger partial charge in [0.05, 0.1) is 22.7 Å². The molecule has 0 spiro atoms. The highest BCUT2D eigenvalue weighted by Gasteiger charge is 2.09. The van der Waals surface area contributed by atoms with Crippen molar-refractivity contribution >= 4 is 52.3 Å². The summed E-state index contributed by atoms with van der Waals surface area (Å²) < 4.78 is 5.34. The van der Waals surface area contributed by atoms with E-state index in [9.17, 15) is 19.2 Å². The number of aromatic carboxylic acids is 1. The minimum Gasteiger partial charge on any atom is -0.478 e. The van der Waals surface area contributed by atoms with Gasteiger partial charge in [0.25, 0.3) is 0 Å². The molecule has 0 atom stereocenters. The number of fused-ring (bicyclic) bond motifs is 1. The van der Waals surface area contributed by atoms with Crippen molar-refractivity contribution in [1.82, 2.24) is 5.43 Å². The predicted molar refractivity (Wildman–Crippen MR) is 114 cm³/mol. The molecule has 0 aliphatic rings. The number of halogens is 1. The third-order valence-electron chi connectivity index (χ3n) is 4.13. The van der Waals surface area contributed by atoms with Gasteiger partial charge < -0.3 is 14.8 Å². The van der Waals surface area contributed by atoms with Crippen LogP contribution in [0, 0.1) is 0 Å². The minimum atomic E-state index is -1.11. The number of carbonyl (C=O) groups is 3. The van der Waals surface area contributed by atoms with Crippen molar-refractivity contribution in [3.63, 3.8) is 0 Å². The highest BCUT2D eigenvalue weighted by atomic mass is 35.5. The van der Waals surface area contributed by atoms with Crippen LogP contribution in [0.3, 0.4) is 0 Å². The fraction of sp³-hybridized carbons (Fsp3) is 0.0952. The molecule has 0 aliphatic carbocycles. The summed E-state index contributed by atoms with van der Waals surface area (Å²) in [5, 5.41) is 15.9. The van der Waals surface area contributed by atoms with E-state index in [-0.39, 0.29) is 29.4 Å². The molecule has 0 saturated carbocycles. The number of nitrogens with one attached hydrogen (secondary N) is 2. The molecular formula is C21H16ClN3O6. The molecule has 2 aromatic carbocycles. The van der Waals surface area contributed by atoms with Gasteiger partial charge in [-0.15, -0.1) is 0 Å². The Hall–Kier alpha value is -3.98. The van der Waals surface area contributed by atoms with Gasteiger partial charge in [-0.1, -0.05) is 17.7 Å². The van der Waals surface area contributed by atoms with Crippen molar-refractivity contribution < 1.29 is 23.9 Å². The molecule has 3 aromatic rings. The van der Waals surface area contributed by atoms with E-state index >= 15 is 0 Å². The highest BCUT2D eigenvalue weighted by Crippen LogP contribution is 2.17. The first-order chi connectivity index (χ1) is 14.8. The minimum absolute atomic E-state index is 0.0335. The third kappa shape index (κ3) is 5.77. The quantitative estimate of drug-likeness (QED) is 0.380. The number of rotatable bonds is 7. The fourth-order valence-corrected chi connectivity index (χ4v) is 2.78. The number of nitrogens with zero attached hydrogens (tertiary/aromatic N) is 1. The van der Waals surface area contributed by atoms with Gasteiger partial charge in [-0.3, -0.25) is 14.4 Å². The topological polar surface area (TPSA) is 138 Å². The Labute approximate surface area is 180 Å². The summed E-state index contributed by atoms with van der Waals surface area (Å²) in [6.07, 6.45) is 2.05. The number of hydrogen-bond acceptors (Lipinski definition) is 6. The van der Waals surface area contributed by atoms with Crippen molar-refractivity contribution in [2.24, 2.45) is 5.10 Å². The second-order valence-electron chi connectivity index (χ2n) is 6.39.